The van der Waals surface area contributed by atoms with E-state index in [0.29, 0.717) is 28.7 Å². The SMILES string of the molecule is O=C(CCc1c(-c2ccc(F)cc2)[nH]c2ccc(F)cc12)NNC(=O)c1ccc[nH]1. The van der Waals surface area contributed by atoms with E-state index in [-0.39, 0.29) is 12.2 Å². The first-order chi connectivity index (χ1) is 14.5. The Morgan fingerprint density at radius 3 is 2.43 bits per heavy atom. The number of aromatic amines is 2. The van der Waals surface area contributed by atoms with Crippen molar-refractivity contribution in [2.45, 2.75) is 12.8 Å². The molecule has 0 aliphatic carbocycles. The summed E-state index contributed by atoms with van der Waals surface area (Å²) in [6, 6.07) is 13.5. The Kier molecular flexibility index (Phi) is 5.30. The molecule has 2 aromatic carbocycles. The topological polar surface area (TPSA) is 89.8 Å². The van der Waals surface area contributed by atoms with Crippen LogP contribution in [0.3, 0.4) is 0 Å². The fourth-order valence-electron chi connectivity index (χ4n) is 3.31. The summed E-state index contributed by atoms with van der Waals surface area (Å²) in [4.78, 5) is 30.1. The van der Waals surface area contributed by atoms with Crippen LogP contribution in [-0.2, 0) is 11.2 Å². The molecule has 0 atom stereocenters. The van der Waals surface area contributed by atoms with Crippen LogP contribution in [0.15, 0.2) is 60.8 Å². The highest BCUT2D eigenvalue weighted by Crippen LogP contribution is 2.32. The van der Waals surface area contributed by atoms with Gasteiger partial charge >= 0.3 is 0 Å². The fourth-order valence-corrected chi connectivity index (χ4v) is 3.31. The number of amides is 2. The maximum Gasteiger partial charge on any atom is 0.286 e. The van der Waals surface area contributed by atoms with E-state index in [1.807, 2.05) is 0 Å². The molecule has 0 saturated heterocycles. The summed E-state index contributed by atoms with van der Waals surface area (Å²) < 4.78 is 27.1. The zero-order valence-electron chi connectivity index (χ0n) is 15.8. The number of benzene rings is 2. The number of carbonyl (C=O) groups excluding carboxylic acids is 2. The molecule has 4 N–H and O–H groups in total. The molecule has 4 aromatic rings. The van der Waals surface area contributed by atoms with Crippen LogP contribution < -0.4 is 10.9 Å². The zero-order valence-corrected chi connectivity index (χ0v) is 15.8. The van der Waals surface area contributed by atoms with E-state index >= 15 is 0 Å². The molecule has 6 nitrogen and oxygen atoms in total. The van der Waals surface area contributed by atoms with Crippen molar-refractivity contribution in [2.24, 2.45) is 0 Å². The maximum atomic E-state index is 13.8. The van der Waals surface area contributed by atoms with Crippen LogP contribution in [0.5, 0.6) is 0 Å². The smallest absolute Gasteiger partial charge is 0.286 e. The molecule has 2 heterocycles. The number of H-pyrrole nitrogens is 2. The second-order valence-electron chi connectivity index (χ2n) is 6.76. The molecule has 4 rings (SSSR count). The Balaban J connectivity index is 1.53. The molecule has 8 heteroatoms. The maximum absolute atomic E-state index is 13.8. The standard InChI is InChI=1S/C22H18F2N4O2/c23-14-5-3-13(4-6-14)21-16(17-12-15(24)7-9-18(17)26-21)8-10-20(29)27-28-22(30)19-2-1-11-25-19/h1-7,9,11-12,25-26H,8,10H2,(H,27,29)(H,28,30). The summed E-state index contributed by atoms with van der Waals surface area (Å²) in [5, 5.41) is 0.651. The Labute approximate surface area is 170 Å². The number of fused-ring (bicyclic) bond motifs is 1. The third kappa shape index (κ3) is 4.07. The average molecular weight is 408 g/mol. The molecule has 0 aliphatic rings. The van der Waals surface area contributed by atoms with E-state index in [2.05, 4.69) is 20.8 Å². The molecule has 0 saturated carbocycles. The molecule has 0 fully saturated rings. The van der Waals surface area contributed by atoms with Crippen LogP contribution in [0, 0.1) is 11.6 Å². The zero-order chi connectivity index (χ0) is 21.1. The average Bonchev–Trinajstić information content (AvgIpc) is 3.39. The number of aryl methyl sites for hydroxylation is 1. The highest BCUT2D eigenvalue weighted by atomic mass is 19.1. The van der Waals surface area contributed by atoms with Crippen molar-refractivity contribution < 1.29 is 18.4 Å². The van der Waals surface area contributed by atoms with Crippen LogP contribution in [0.2, 0.25) is 0 Å². The van der Waals surface area contributed by atoms with Crippen LogP contribution >= 0.6 is 0 Å². The summed E-state index contributed by atoms with van der Waals surface area (Å²) in [6.07, 6.45) is 1.95. The van der Waals surface area contributed by atoms with Crippen LogP contribution in [0.25, 0.3) is 22.2 Å². The number of halogens is 2. The predicted molar refractivity (Wildman–Crippen MR) is 108 cm³/mol. The first-order valence-electron chi connectivity index (χ1n) is 9.30. The second kappa shape index (κ2) is 8.20. The van der Waals surface area contributed by atoms with Gasteiger partial charge in [0.25, 0.3) is 5.91 Å². The molecule has 2 aromatic heterocycles. The Bertz CT molecular complexity index is 1200. The summed E-state index contributed by atoms with van der Waals surface area (Å²) >= 11 is 0. The molecule has 2 amide bonds. The van der Waals surface area contributed by atoms with Crippen molar-refractivity contribution in [3.8, 4) is 11.3 Å². The molecule has 0 spiro atoms. The number of hydrogen-bond donors (Lipinski definition) is 4. The van der Waals surface area contributed by atoms with Crippen molar-refractivity contribution in [2.75, 3.05) is 0 Å². The summed E-state index contributed by atoms with van der Waals surface area (Å²) in [5.41, 5.74) is 7.89. The van der Waals surface area contributed by atoms with Crippen molar-refractivity contribution >= 4 is 22.7 Å². The van der Waals surface area contributed by atoms with Crippen molar-refractivity contribution in [3.05, 3.63) is 83.7 Å². The third-order valence-electron chi connectivity index (χ3n) is 4.76. The van der Waals surface area contributed by atoms with E-state index in [9.17, 15) is 18.4 Å². The first kappa shape index (κ1) is 19.4. The lowest BCUT2D eigenvalue weighted by atomic mass is 10.0. The minimum Gasteiger partial charge on any atom is -0.357 e. The molecule has 0 radical (unpaired) electrons. The van der Waals surface area contributed by atoms with Crippen molar-refractivity contribution in [1.82, 2.24) is 20.8 Å². The molecular weight excluding hydrogens is 390 g/mol. The molecule has 0 unspecified atom stereocenters. The van der Waals surface area contributed by atoms with Gasteiger partial charge in [0.1, 0.15) is 17.3 Å². The van der Waals surface area contributed by atoms with Gasteiger partial charge in [-0.2, -0.15) is 0 Å². The number of aromatic nitrogens is 2. The second-order valence-corrected chi connectivity index (χ2v) is 6.76. The van der Waals surface area contributed by atoms with Crippen molar-refractivity contribution in [1.29, 1.82) is 0 Å². The van der Waals surface area contributed by atoms with Crippen LogP contribution in [0.4, 0.5) is 8.78 Å². The molecule has 152 valence electrons. The third-order valence-corrected chi connectivity index (χ3v) is 4.76. The highest BCUT2D eigenvalue weighted by Gasteiger charge is 2.16. The van der Waals surface area contributed by atoms with Gasteiger partial charge in [-0.3, -0.25) is 20.4 Å². The summed E-state index contributed by atoms with van der Waals surface area (Å²) in [5.74, 6) is -1.61. The number of hydrogen-bond acceptors (Lipinski definition) is 2. The van der Waals surface area contributed by atoms with Gasteiger partial charge in [0.05, 0.1) is 0 Å². The van der Waals surface area contributed by atoms with E-state index in [1.165, 1.54) is 24.3 Å². The van der Waals surface area contributed by atoms with Gasteiger partial charge in [-0.15, -0.1) is 0 Å². The normalized spacial score (nSPS) is 10.9. The minimum absolute atomic E-state index is 0.0582. The van der Waals surface area contributed by atoms with Gasteiger partial charge in [-0.25, -0.2) is 8.78 Å². The van der Waals surface area contributed by atoms with Gasteiger partial charge < -0.3 is 9.97 Å². The highest BCUT2D eigenvalue weighted by molar-refractivity contribution is 5.94. The number of nitrogens with one attached hydrogen (secondary N) is 4. The number of hydrazine groups is 1. The largest absolute Gasteiger partial charge is 0.357 e. The Morgan fingerprint density at radius 1 is 0.933 bits per heavy atom. The monoisotopic (exact) mass is 408 g/mol. The fraction of sp³-hybridized carbons (Fsp3) is 0.0909. The number of carbonyl (C=O) groups is 2. The molecular formula is C22H18F2N4O2. The number of rotatable bonds is 5. The van der Waals surface area contributed by atoms with Gasteiger partial charge in [0.15, 0.2) is 0 Å². The van der Waals surface area contributed by atoms with Gasteiger partial charge in [-0.05, 0) is 72.1 Å². The molecule has 0 bridgehead atoms. The summed E-state index contributed by atoms with van der Waals surface area (Å²) in [6.45, 7) is 0. The van der Waals surface area contributed by atoms with Gasteiger partial charge in [0.2, 0.25) is 5.91 Å². The van der Waals surface area contributed by atoms with Gasteiger partial charge in [-0.1, -0.05) is 0 Å². The molecule has 0 aliphatic heterocycles. The lowest BCUT2D eigenvalue weighted by Crippen LogP contribution is -2.41. The summed E-state index contributed by atoms with van der Waals surface area (Å²) in [7, 11) is 0. The Hall–Kier alpha value is -3.94. The molecule has 30 heavy (non-hydrogen) atoms. The van der Waals surface area contributed by atoms with E-state index in [1.54, 1.807) is 36.5 Å². The first-order valence-corrected chi connectivity index (χ1v) is 9.30. The lowest BCUT2D eigenvalue weighted by molar-refractivity contribution is -0.121. The van der Waals surface area contributed by atoms with Crippen LogP contribution in [-0.4, -0.2) is 21.8 Å². The van der Waals surface area contributed by atoms with Crippen LogP contribution in [0.1, 0.15) is 22.5 Å². The van der Waals surface area contributed by atoms with Crippen molar-refractivity contribution in [3.63, 3.8) is 0 Å². The quantitative estimate of drug-likeness (QED) is 0.378. The van der Waals surface area contributed by atoms with Gasteiger partial charge in [0, 0.05) is 29.2 Å². The Morgan fingerprint density at radius 2 is 1.70 bits per heavy atom. The lowest BCUT2D eigenvalue weighted by Gasteiger charge is -2.08. The predicted octanol–water partition coefficient (Wildman–Crippen LogP) is 3.84. The van der Waals surface area contributed by atoms with E-state index < -0.39 is 17.6 Å². The van der Waals surface area contributed by atoms with E-state index in [0.717, 1.165) is 11.1 Å². The van der Waals surface area contributed by atoms with E-state index in [4.69, 9.17) is 0 Å². The minimum atomic E-state index is -0.463.